The molecular formula is C24H26F2N2O4. The molecule has 0 unspecified atom stereocenters. The van der Waals surface area contributed by atoms with E-state index in [2.05, 4.69) is 5.32 Å². The first-order valence-electron chi connectivity index (χ1n) is 10.6. The maximum absolute atomic E-state index is 13.7. The van der Waals surface area contributed by atoms with Gasteiger partial charge in [-0.25, -0.2) is 18.4 Å². The molecule has 8 heteroatoms. The van der Waals surface area contributed by atoms with Crippen LogP contribution in [0.2, 0.25) is 0 Å². The lowest BCUT2D eigenvalue weighted by Gasteiger charge is -2.40. The van der Waals surface area contributed by atoms with Crippen LogP contribution in [-0.2, 0) is 28.9 Å². The number of alkyl carbamates (subject to hydrolysis) is 1. The van der Waals surface area contributed by atoms with Gasteiger partial charge in [0, 0.05) is 12.6 Å². The van der Waals surface area contributed by atoms with Crippen LogP contribution in [-0.4, -0.2) is 40.9 Å². The molecule has 0 spiro atoms. The van der Waals surface area contributed by atoms with Crippen LogP contribution < -0.4 is 5.32 Å². The Morgan fingerprint density at radius 1 is 1.16 bits per heavy atom. The summed E-state index contributed by atoms with van der Waals surface area (Å²) in [7, 11) is 0. The summed E-state index contributed by atoms with van der Waals surface area (Å²) in [4.78, 5) is 26.8. The molecule has 32 heavy (non-hydrogen) atoms. The van der Waals surface area contributed by atoms with E-state index in [9.17, 15) is 18.4 Å². The van der Waals surface area contributed by atoms with Gasteiger partial charge in [0.15, 0.2) is 0 Å². The van der Waals surface area contributed by atoms with Crippen molar-refractivity contribution in [3.63, 3.8) is 0 Å². The topological polar surface area (TPSA) is 67.9 Å². The molecule has 2 aromatic carbocycles. The van der Waals surface area contributed by atoms with Crippen molar-refractivity contribution in [2.75, 3.05) is 0 Å². The second kappa shape index (κ2) is 8.41. The van der Waals surface area contributed by atoms with Gasteiger partial charge in [-0.2, -0.15) is 0 Å². The lowest BCUT2D eigenvalue weighted by Crippen LogP contribution is -2.55. The highest BCUT2D eigenvalue weighted by Gasteiger charge is 2.46. The number of fused-ring (bicyclic) bond motifs is 1. The highest BCUT2D eigenvalue weighted by molar-refractivity contribution is 5.72. The molecule has 0 bridgehead atoms. The molecule has 0 aliphatic carbocycles. The molecule has 6 nitrogen and oxygen atoms in total. The Morgan fingerprint density at radius 2 is 1.81 bits per heavy atom. The number of hydrogen-bond donors (Lipinski definition) is 1. The van der Waals surface area contributed by atoms with Gasteiger partial charge >= 0.3 is 12.2 Å². The average molecular weight is 444 g/mol. The molecule has 0 radical (unpaired) electrons. The number of carbonyl (C=O) groups excluding carboxylic acids is 2. The van der Waals surface area contributed by atoms with E-state index in [1.54, 1.807) is 25.7 Å². The average Bonchev–Trinajstić information content (AvgIpc) is 3.04. The summed E-state index contributed by atoms with van der Waals surface area (Å²) in [5.41, 5.74) is 1.75. The molecule has 2 aromatic rings. The Morgan fingerprint density at radius 3 is 2.47 bits per heavy atom. The molecule has 2 heterocycles. The summed E-state index contributed by atoms with van der Waals surface area (Å²) in [5.74, 6) is -1.38. The van der Waals surface area contributed by atoms with Gasteiger partial charge < -0.3 is 14.8 Å². The smallest absolute Gasteiger partial charge is 0.410 e. The van der Waals surface area contributed by atoms with Crippen molar-refractivity contribution in [2.45, 2.75) is 63.9 Å². The number of cyclic esters (lactones) is 1. The standard InChI is InChI=1S/C24H26F2N2O4/c1-24(2,3)32-23(30)28-13-16-7-5-4-6-15(16)11-20(28)21-19(27-22(29)31-21)10-14-8-17(25)12-18(26)9-14/h4-9,12,19-21H,10-11,13H2,1-3H3,(H,27,29)/t19-,20-,21-/m0/s1. The lowest BCUT2D eigenvalue weighted by atomic mass is 9.87. The van der Waals surface area contributed by atoms with Gasteiger partial charge in [0.1, 0.15) is 23.3 Å². The van der Waals surface area contributed by atoms with Crippen molar-refractivity contribution < 1.29 is 27.8 Å². The zero-order valence-corrected chi connectivity index (χ0v) is 18.2. The number of rotatable bonds is 3. The second-order valence-electron chi connectivity index (χ2n) is 9.25. The van der Waals surface area contributed by atoms with E-state index in [1.807, 2.05) is 24.3 Å². The maximum atomic E-state index is 13.7. The number of halogens is 2. The molecule has 1 N–H and O–H groups in total. The maximum Gasteiger partial charge on any atom is 0.410 e. The second-order valence-corrected chi connectivity index (χ2v) is 9.25. The summed E-state index contributed by atoms with van der Waals surface area (Å²) in [5, 5.41) is 2.74. The van der Waals surface area contributed by atoms with E-state index in [1.165, 1.54) is 12.1 Å². The molecule has 2 aliphatic rings. The monoisotopic (exact) mass is 444 g/mol. The van der Waals surface area contributed by atoms with Crippen molar-refractivity contribution >= 4 is 12.2 Å². The largest absolute Gasteiger partial charge is 0.444 e. The Bertz CT molecular complexity index is 1020. The molecule has 2 aliphatic heterocycles. The van der Waals surface area contributed by atoms with Gasteiger partial charge in [-0.1, -0.05) is 24.3 Å². The highest BCUT2D eigenvalue weighted by atomic mass is 19.1. The molecule has 170 valence electrons. The molecule has 0 aromatic heterocycles. The number of nitrogens with one attached hydrogen (secondary N) is 1. The van der Waals surface area contributed by atoms with E-state index in [-0.39, 0.29) is 6.42 Å². The van der Waals surface area contributed by atoms with Gasteiger partial charge in [-0.15, -0.1) is 0 Å². The Balaban J connectivity index is 1.64. The van der Waals surface area contributed by atoms with Gasteiger partial charge in [-0.05, 0) is 62.4 Å². The van der Waals surface area contributed by atoms with Crippen LogP contribution in [0.5, 0.6) is 0 Å². The van der Waals surface area contributed by atoms with Crippen LogP contribution in [0.15, 0.2) is 42.5 Å². The highest BCUT2D eigenvalue weighted by Crippen LogP contribution is 2.31. The fourth-order valence-electron chi connectivity index (χ4n) is 4.33. The molecule has 1 fully saturated rings. The number of ether oxygens (including phenoxy) is 2. The third-order valence-corrected chi connectivity index (χ3v) is 5.62. The van der Waals surface area contributed by atoms with Gasteiger partial charge in [0.05, 0.1) is 12.1 Å². The molecule has 1 saturated heterocycles. The Kier molecular flexibility index (Phi) is 5.79. The minimum Gasteiger partial charge on any atom is -0.444 e. The SMILES string of the molecule is CC(C)(C)OC(=O)N1Cc2ccccc2C[C@H]1[C@H]1OC(=O)N[C@H]1Cc1cc(F)cc(F)c1. The summed E-state index contributed by atoms with van der Waals surface area (Å²) in [6, 6.07) is 9.96. The van der Waals surface area contributed by atoms with Crippen molar-refractivity contribution in [3.8, 4) is 0 Å². The summed E-state index contributed by atoms with van der Waals surface area (Å²) < 4.78 is 38.6. The fourth-order valence-corrected chi connectivity index (χ4v) is 4.33. The van der Waals surface area contributed by atoms with Crippen LogP contribution in [0.4, 0.5) is 18.4 Å². The third kappa shape index (κ3) is 4.84. The number of nitrogens with zero attached hydrogens (tertiary/aromatic N) is 1. The molecular weight excluding hydrogens is 418 g/mol. The number of benzene rings is 2. The Hall–Kier alpha value is -3.16. The Labute approximate surface area is 185 Å². The van der Waals surface area contributed by atoms with E-state index >= 15 is 0 Å². The van der Waals surface area contributed by atoms with Gasteiger partial charge in [0.2, 0.25) is 0 Å². The van der Waals surface area contributed by atoms with Crippen LogP contribution in [0.1, 0.15) is 37.5 Å². The van der Waals surface area contributed by atoms with Crippen molar-refractivity contribution in [3.05, 3.63) is 70.8 Å². The predicted molar refractivity (Wildman–Crippen MR) is 113 cm³/mol. The minimum absolute atomic E-state index is 0.158. The first-order chi connectivity index (χ1) is 15.1. The van der Waals surface area contributed by atoms with Crippen LogP contribution in [0, 0.1) is 11.6 Å². The van der Waals surface area contributed by atoms with E-state index in [0.717, 1.165) is 17.2 Å². The zero-order valence-electron chi connectivity index (χ0n) is 18.2. The zero-order chi connectivity index (χ0) is 23.0. The van der Waals surface area contributed by atoms with Crippen molar-refractivity contribution in [2.24, 2.45) is 0 Å². The molecule has 3 atom stereocenters. The molecule has 0 saturated carbocycles. The number of carbonyl (C=O) groups is 2. The molecule has 4 rings (SSSR count). The number of hydrogen-bond acceptors (Lipinski definition) is 4. The van der Waals surface area contributed by atoms with Crippen molar-refractivity contribution in [1.29, 1.82) is 0 Å². The quantitative estimate of drug-likeness (QED) is 0.765. The van der Waals surface area contributed by atoms with E-state index < -0.39 is 47.6 Å². The first-order valence-corrected chi connectivity index (χ1v) is 10.6. The fraction of sp³-hybridized carbons (Fsp3) is 0.417. The third-order valence-electron chi connectivity index (χ3n) is 5.62. The summed E-state index contributed by atoms with van der Waals surface area (Å²) in [6.07, 6.45) is -1.22. The van der Waals surface area contributed by atoms with Crippen LogP contribution >= 0.6 is 0 Å². The van der Waals surface area contributed by atoms with Crippen LogP contribution in [0.3, 0.4) is 0 Å². The summed E-state index contributed by atoms with van der Waals surface area (Å²) in [6.45, 7) is 5.67. The van der Waals surface area contributed by atoms with E-state index in [4.69, 9.17) is 9.47 Å². The molecule has 2 amide bonds. The van der Waals surface area contributed by atoms with Gasteiger partial charge in [0.25, 0.3) is 0 Å². The van der Waals surface area contributed by atoms with Crippen LogP contribution in [0.25, 0.3) is 0 Å². The van der Waals surface area contributed by atoms with Crippen molar-refractivity contribution in [1.82, 2.24) is 10.2 Å². The lowest BCUT2D eigenvalue weighted by molar-refractivity contribution is -0.0114. The predicted octanol–water partition coefficient (Wildman–Crippen LogP) is 4.35. The first kappa shape index (κ1) is 22.0. The minimum atomic E-state index is -0.713. The van der Waals surface area contributed by atoms with E-state index in [0.29, 0.717) is 18.5 Å². The normalized spacial score (nSPS) is 22.7. The van der Waals surface area contributed by atoms with Gasteiger partial charge in [-0.3, -0.25) is 4.90 Å². The number of amides is 2. The summed E-state index contributed by atoms with van der Waals surface area (Å²) >= 11 is 0.